The van der Waals surface area contributed by atoms with Crippen molar-refractivity contribution in [3.8, 4) is 12.1 Å². The zero-order valence-corrected chi connectivity index (χ0v) is 11.5. The number of methoxy groups -OCH3 is 1. The lowest BCUT2D eigenvalue weighted by atomic mass is 10.3. The first-order valence-electron chi connectivity index (χ1n) is 6.24. The van der Waals surface area contributed by atoms with Gasteiger partial charge in [0.15, 0.2) is 0 Å². The Bertz CT molecular complexity index is 604. The van der Waals surface area contributed by atoms with Crippen LogP contribution in [0.5, 0.6) is 6.01 Å². The normalized spacial score (nSPS) is 9.76. The van der Waals surface area contributed by atoms with Crippen molar-refractivity contribution in [2.75, 3.05) is 24.0 Å². The third kappa shape index (κ3) is 3.55. The predicted molar refractivity (Wildman–Crippen MR) is 77.9 cm³/mol. The highest BCUT2D eigenvalue weighted by Gasteiger charge is 2.15. The topological polar surface area (TPSA) is 113 Å². The quantitative estimate of drug-likeness (QED) is 0.601. The Balaban J connectivity index is 2.43. The van der Waals surface area contributed by atoms with Crippen molar-refractivity contribution < 1.29 is 4.74 Å². The molecule has 1 heterocycles. The summed E-state index contributed by atoms with van der Waals surface area (Å²) >= 11 is 0. The summed E-state index contributed by atoms with van der Waals surface area (Å²) in [4.78, 5) is 14.2. The molecule has 0 radical (unpaired) electrons. The Morgan fingerprint density at radius 2 is 2.05 bits per heavy atom. The number of ether oxygens (including phenoxy) is 1. The van der Waals surface area contributed by atoms with E-state index in [1.165, 1.54) is 7.11 Å². The van der Waals surface area contributed by atoms with Crippen molar-refractivity contribution in [1.29, 1.82) is 5.26 Å². The molecule has 0 amide bonds. The van der Waals surface area contributed by atoms with Crippen LogP contribution >= 0.6 is 0 Å². The summed E-state index contributed by atoms with van der Waals surface area (Å²) in [6.45, 7) is 0.442. The second-order valence-electron chi connectivity index (χ2n) is 3.99. The Morgan fingerprint density at radius 3 is 2.67 bits per heavy atom. The van der Waals surface area contributed by atoms with E-state index in [0.717, 1.165) is 5.69 Å². The molecule has 0 aliphatic heterocycles. The largest absolute Gasteiger partial charge is 0.467 e. The minimum absolute atomic E-state index is 0.144. The lowest BCUT2D eigenvalue weighted by molar-refractivity contribution is 0.379. The van der Waals surface area contributed by atoms with Crippen LogP contribution in [0.1, 0.15) is 6.42 Å². The van der Waals surface area contributed by atoms with Gasteiger partial charge in [0.05, 0.1) is 19.6 Å². The van der Waals surface area contributed by atoms with E-state index in [-0.39, 0.29) is 12.0 Å². The summed E-state index contributed by atoms with van der Waals surface area (Å²) in [6.07, 6.45) is 0.328. The zero-order valence-electron chi connectivity index (χ0n) is 11.5. The van der Waals surface area contributed by atoms with Gasteiger partial charge < -0.3 is 9.64 Å². The molecule has 8 heteroatoms. The summed E-state index contributed by atoms with van der Waals surface area (Å²) < 4.78 is 5.04. The first kappa shape index (κ1) is 14.5. The molecule has 108 valence electrons. The van der Waals surface area contributed by atoms with Gasteiger partial charge in [-0.2, -0.15) is 20.2 Å². The number of para-hydroxylation sites is 1. The first-order valence-corrected chi connectivity index (χ1v) is 6.24. The van der Waals surface area contributed by atoms with E-state index >= 15 is 0 Å². The summed E-state index contributed by atoms with van der Waals surface area (Å²) in [7, 11) is 1.46. The van der Waals surface area contributed by atoms with Crippen LogP contribution in [0.2, 0.25) is 0 Å². The number of hydrogen-bond acceptors (Lipinski definition) is 8. The Kier molecular flexibility index (Phi) is 4.84. The molecule has 3 N–H and O–H groups in total. The maximum absolute atomic E-state index is 8.82. The predicted octanol–water partition coefficient (Wildman–Crippen LogP) is 1.22. The van der Waals surface area contributed by atoms with Gasteiger partial charge in [-0.05, 0) is 12.1 Å². The highest BCUT2D eigenvalue weighted by atomic mass is 16.5. The fourth-order valence-electron chi connectivity index (χ4n) is 1.74. The molecule has 0 spiro atoms. The Labute approximate surface area is 122 Å². The number of anilines is 3. The monoisotopic (exact) mass is 285 g/mol. The van der Waals surface area contributed by atoms with Gasteiger partial charge in [-0.3, -0.25) is 5.43 Å². The second-order valence-corrected chi connectivity index (χ2v) is 3.99. The second kappa shape index (κ2) is 7.02. The molecule has 0 aliphatic carbocycles. The van der Waals surface area contributed by atoms with Crippen molar-refractivity contribution in [2.45, 2.75) is 6.42 Å². The number of nitrogens with one attached hydrogen (secondary N) is 1. The van der Waals surface area contributed by atoms with E-state index in [1.54, 1.807) is 4.90 Å². The number of hydrogen-bond donors (Lipinski definition) is 2. The standard InChI is InChI=1S/C13H15N7O/c1-21-13-17-11(19-15)16-12(18-13)20(9-5-8-14)10-6-3-2-4-7-10/h2-4,6-7H,5,9,15H2,1H3,(H,16,17,18,19). The number of hydrazine groups is 1. The van der Waals surface area contributed by atoms with E-state index in [0.29, 0.717) is 18.9 Å². The number of aromatic nitrogens is 3. The molecule has 0 bridgehead atoms. The van der Waals surface area contributed by atoms with Gasteiger partial charge in [0.25, 0.3) is 0 Å². The smallest absolute Gasteiger partial charge is 0.322 e. The van der Waals surface area contributed by atoms with E-state index in [1.807, 2.05) is 30.3 Å². The van der Waals surface area contributed by atoms with Gasteiger partial charge in [-0.25, -0.2) is 5.84 Å². The number of nitrogens with two attached hydrogens (primary N) is 1. The molecule has 0 atom stereocenters. The minimum Gasteiger partial charge on any atom is -0.467 e. The van der Waals surface area contributed by atoms with Crippen LogP contribution in [0.15, 0.2) is 30.3 Å². The van der Waals surface area contributed by atoms with Gasteiger partial charge in [0, 0.05) is 12.2 Å². The molecular weight excluding hydrogens is 270 g/mol. The Morgan fingerprint density at radius 1 is 1.29 bits per heavy atom. The molecule has 0 fully saturated rings. The number of rotatable bonds is 6. The molecule has 21 heavy (non-hydrogen) atoms. The molecule has 8 nitrogen and oxygen atoms in total. The van der Waals surface area contributed by atoms with E-state index in [9.17, 15) is 0 Å². The van der Waals surface area contributed by atoms with Crippen molar-refractivity contribution >= 4 is 17.6 Å². The van der Waals surface area contributed by atoms with Crippen LogP contribution in [0, 0.1) is 11.3 Å². The van der Waals surface area contributed by atoms with Crippen LogP contribution in [-0.2, 0) is 0 Å². The summed E-state index contributed by atoms with van der Waals surface area (Å²) in [5.74, 6) is 5.90. The molecule has 1 aromatic carbocycles. The number of benzene rings is 1. The lowest BCUT2D eigenvalue weighted by Gasteiger charge is -2.22. The van der Waals surface area contributed by atoms with Crippen molar-refractivity contribution in [3.05, 3.63) is 30.3 Å². The molecule has 1 aromatic heterocycles. The molecule has 0 saturated carbocycles. The average molecular weight is 285 g/mol. The highest BCUT2D eigenvalue weighted by Crippen LogP contribution is 2.24. The fraction of sp³-hybridized carbons (Fsp3) is 0.231. The average Bonchev–Trinajstić information content (AvgIpc) is 2.55. The maximum Gasteiger partial charge on any atom is 0.322 e. The third-order valence-corrected chi connectivity index (χ3v) is 2.67. The minimum atomic E-state index is 0.144. The van der Waals surface area contributed by atoms with E-state index in [4.69, 9.17) is 15.8 Å². The SMILES string of the molecule is COc1nc(NN)nc(N(CCC#N)c2ccccc2)n1. The maximum atomic E-state index is 8.82. The number of nitriles is 1. The molecule has 2 rings (SSSR count). The first-order chi connectivity index (χ1) is 10.3. The van der Waals surface area contributed by atoms with Gasteiger partial charge in [-0.1, -0.05) is 18.2 Å². The molecule has 2 aromatic rings. The van der Waals surface area contributed by atoms with Gasteiger partial charge in [0.2, 0.25) is 11.9 Å². The lowest BCUT2D eigenvalue weighted by Crippen LogP contribution is -2.22. The number of nitrogens with zero attached hydrogens (tertiary/aromatic N) is 5. The van der Waals surface area contributed by atoms with Crippen LogP contribution in [0.25, 0.3) is 0 Å². The van der Waals surface area contributed by atoms with Crippen LogP contribution in [0.3, 0.4) is 0 Å². The van der Waals surface area contributed by atoms with Crippen LogP contribution in [-0.4, -0.2) is 28.6 Å². The zero-order chi connectivity index (χ0) is 15.1. The third-order valence-electron chi connectivity index (χ3n) is 2.67. The number of nitrogen functional groups attached to an aromatic ring is 1. The molecule has 0 unspecified atom stereocenters. The van der Waals surface area contributed by atoms with Gasteiger partial charge in [0.1, 0.15) is 0 Å². The summed E-state index contributed by atoms with van der Waals surface area (Å²) in [5, 5.41) is 8.82. The van der Waals surface area contributed by atoms with Crippen molar-refractivity contribution in [3.63, 3.8) is 0 Å². The molecular formula is C13H15N7O. The van der Waals surface area contributed by atoms with Crippen molar-refractivity contribution in [1.82, 2.24) is 15.0 Å². The molecule has 0 saturated heterocycles. The van der Waals surface area contributed by atoms with Crippen LogP contribution < -0.4 is 20.9 Å². The summed E-state index contributed by atoms with van der Waals surface area (Å²) in [5.41, 5.74) is 3.24. The van der Waals surface area contributed by atoms with Crippen molar-refractivity contribution in [2.24, 2.45) is 5.84 Å². The van der Waals surface area contributed by atoms with Gasteiger partial charge in [-0.15, -0.1) is 0 Å². The highest BCUT2D eigenvalue weighted by molar-refractivity contribution is 5.58. The summed E-state index contributed by atoms with van der Waals surface area (Å²) in [6, 6.07) is 11.8. The van der Waals surface area contributed by atoms with Crippen LogP contribution in [0.4, 0.5) is 17.6 Å². The van der Waals surface area contributed by atoms with Gasteiger partial charge >= 0.3 is 6.01 Å². The molecule has 0 aliphatic rings. The Hall–Kier alpha value is -2.92. The fourth-order valence-corrected chi connectivity index (χ4v) is 1.74. The van der Waals surface area contributed by atoms with E-state index in [2.05, 4.69) is 26.4 Å². The van der Waals surface area contributed by atoms with E-state index < -0.39 is 0 Å².